The Bertz CT molecular complexity index is 1000. The van der Waals surface area contributed by atoms with Crippen LogP contribution in [0, 0.1) is 0 Å². The van der Waals surface area contributed by atoms with Gasteiger partial charge in [0.25, 0.3) is 0 Å². The van der Waals surface area contributed by atoms with Crippen molar-refractivity contribution in [2.45, 2.75) is 17.5 Å². The first-order valence-electron chi connectivity index (χ1n) is 8.25. The van der Waals surface area contributed by atoms with Crippen LogP contribution in [0.15, 0.2) is 52.1 Å². The Morgan fingerprint density at radius 1 is 1.27 bits per heavy atom. The molecule has 134 valence electrons. The van der Waals surface area contributed by atoms with Gasteiger partial charge in [0.05, 0.1) is 17.6 Å². The maximum absolute atomic E-state index is 12.0. The van der Waals surface area contributed by atoms with Crippen molar-refractivity contribution in [1.82, 2.24) is 20.6 Å². The summed E-state index contributed by atoms with van der Waals surface area (Å²) >= 11 is 0. The molecule has 2 aliphatic rings. The van der Waals surface area contributed by atoms with Gasteiger partial charge in [0, 0.05) is 23.3 Å². The summed E-state index contributed by atoms with van der Waals surface area (Å²) in [6.07, 6.45) is 6.03. The molecule has 0 aliphatic carbocycles. The van der Waals surface area contributed by atoms with Crippen LogP contribution in [0.2, 0.25) is 0 Å². The molecule has 0 radical (unpaired) electrons. The first kappa shape index (κ1) is 16.6. The van der Waals surface area contributed by atoms with E-state index in [0.29, 0.717) is 22.1 Å². The van der Waals surface area contributed by atoms with Crippen molar-refractivity contribution in [2.24, 2.45) is 4.99 Å². The Morgan fingerprint density at radius 3 is 2.73 bits per heavy atom. The molecule has 26 heavy (non-hydrogen) atoms. The van der Waals surface area contributed by atoms with Crippen LogP contribution in [0.5, 0.6) is 0 Å². The number of fused-ring (bicyclic) bond motifs is 1. The number of anilines is 1. The van der Waals surface area contributed by atoms with Crippen LogP contribution in [0.3, 0.4) is 0 Å². The summed E-state index contributed by atoms with van der Waals surface area (Å²) < 4.78 is 12.0. The zero-order valence-corrected chi connectivity index (χ0v) is 15.2. The molecule has 1 saturated heterocycles. The van der Waals surface area contributed by atoms with E-state index in [9.17, 15) is 4.21 Å². The molecule has 0 bridgehead atoms. The van der Waals surface area contributed by atoms with Crippen LogP contribution in [-0.4, -0.2) is 38.7 Å². The summed E-state index contributed by atoms with van der Waals surface area (Å²) in [5.41, 5.74) is 9.23. The summed E-state index contributed by atoms with van der Waals surface area (Å²) in [4.78, 5) is 14.2. The van der Waals surface area contributed by atoms with Gasteiger partial charge in [-0.2, -0.15) is 0 Å². The van der Waals surface area contributed by atoms with Crippen LogP contribution in [0.25, 0.3) is 11.3 Å². The molecule has 7 nitrogen and oxygen atoms in total. The molecular weight excluding hydrogens is 348 g/mol. The van der Waals surface area contributed by atoms with Gasteiger partial charge >= 0.3 is 0 Å². The van der Waals surface area contributed by atoms with E-state index in [-0.39, 0.29) is 6.17 Å². The van der Waals surface area contributed by atoms with E-state index in [1.807, 2.05) is 24.3 Å². The number of dihydropyridines is 1. The predicted octanol–water partition coefficient (Wildman–Crippen LogP) is 1.31. The monoisotopic (exact) mass is 368 g/mol. The Morgan fingerprint density at radius 2 is 2.04 bits per heavy atom. The highest BCUT2D eigenvalue weighted by Crippen LogP contribution is 2.26. The molecule has 2 atom stereocenters. The molecule has 1 fully saturated rings. The third-order valence-corrected chi connectivity index (χ3v) is 5.60. The molecular formula is C18H20N6OS. The summed E-state index contributed by atoms with van der Waals surface area (Å²) in [6.45, 7) is 0.778. The zero-order valence-electron chi connectivity index (χ0n) is 14.4. The zero-order chi connectivity index (χ0) is 18.3. The molecule has 2 unspecified atom stereocenters. The predicted molar refractivity (Wildman–Crippen MR) is 105 cm³/mol. The second kappa shape index (κ2) is 6.14. The average molecular weight is 368 g/mol. The van der Waals surface area contributed by atoms with Crippen molar-refractivity contribution in [2.75, 3.05) is 18.5 Å². The second-order valence-electron chi connectivity index (χ2n) is 6.41. The van der Waals surface area contributed by atoms with Crippen LogP contribution in [0.1, 0.15) is 18.3 Å². The molecule has 2 aromatic rings. The molecule has 0 amide bonds. The summed E-state index contributed by atoms with van der Waals surface area (Å²) in [5, 5.41) is 6.65. The maximum Gasteiger partial charge on any atom is 0.149 e. The lowest BCUT2D eigenvalue weighted by atomic mass is 10.1. The quantitative estimate of drug-likeness (QED) is 0.706. The fourth-order valence-corrected chi connectivity index (χ4v) is 3.67. The smallest absolute Gasteiger partial charge is 0.149 e. The fraction of sp³-hybridized carbons (Fsp3) is 0.222. The number of hydrogen-bond donors (Lipinski definition) is 3. The summed E-state index contributed by atoms with van der Waals surface area (Å²) in [6, 6.07) is 7.36. The van der Waals surface area contributed by atoms with E-state index in [4.69, 9.17) is 10.7 Å². The Labute approximate surface area is 152 Å². The molecule has 0 saturated carbocycles. The van der Waals surface area contributed by atoms with Crippen molar-refractivity contribution >= 4 is 27.0 Å². The van der Waals surface area contributed by atoms with Crippen LogP contribution < -0.4 is 16.4 Å². The van der Waals surface area contributed by atoms with E-state index in [2.05, 4.69) is 32.6 Å². The van der Waals surface area contributed by atoms with Crippen molar-refractivity contribution < 1.29 is 4.21 Å². The van der Waals surface area contributed by atoms with Gasteiger partial charge < -0.3 is 16.4 Å². The van der Waals surface area contributed by atoms with Gasteiger partial charge in [0.1, 0.15) is 23.5 Å². The Kier molecular flexibility index (Phi) is 3.91. The van der Waals surface area contributed by atoms with Gasteiger partial charge in [-0.15, -0.1) is 0 Å². The van der Waals surface area contributed by atoms with E-state index in [1.165, 1.54) is 0 Å². The SMILES string of the molecule is C=S(C)(=O)c1ccc(-c2cnc(N)c(C3NC4=CCCN=C4N3)n2)cc1. The lowest BCUT2D eigenvalue weighted by Gasteiger charge is -2.14. The molecule has 1 aromatic heterocycles. The summed E-state index contributed by atoms with van der Waals surface area (Å²) in [5.74, 6) is 4.91. The van der Waals surface area contributed by atoms with E-state index >= 15 is 0 Å². The third kappa shape index (κ3) is 3.03. The topological polar surface area (TPSA) is 105 Å². The molecule has 0 spiro atoms. The molecule has 3 heterocycles. The van der Waals surface area contributed by atoms with E-state index in [1.54, 1.807) is 12.5 Å². The number of aromatic nitrogens is 2. The number of hydrogen-bond acceptors (Lipinski definition) is 7. The average Bonchev–Trinajstić information content (AvgIpc) is 3.05. The molecule has 2 aliphatic heterocycles. The van der Waals surface area contributed by atoms with Crippen molar-refractivity contribution in [3.8, 4) is 11.3 Å². The Hall–Kier alpha value is -2.87. The van der Waals surface area contributed by atoms with Crippen LogP contribution in [0.4, 0.5) is 5.82 Å². The summed E-state index contributed by atoms with van der Waals surface area (Å²) in [7, 11) is -2.24. The van der Waals surface area contributed by atoms with Crippen LogP contribution >= 0.6 is 0 Å². The minimum atomic E-state index is -2.24. The molecule has 4 rings (SSSR count). The molecule has 4 N–H and O–H groups in total. The first-order chi connectivity index (χ1) is 12.4. The number of nitrogens with one attached hydrogen (secondary N) is 2. The normalized spacial score (nSPS) is 20.9. The van der Waals surface area contributed by atoms with Crippen LogP contribution in [-0.2, 0) is 9.52 Å². The fourth-order valence-electron chi connectivity index (χ4n) is 2.96. The number of rotatable bonds is 3. The van der Waals surface area contributed by atoms with Crippen molar-refractivity contribution in [3.05, 3.63) is 47.9 Å². The van der Waals surface area contributed by atoms with Crippen molar-refractivity contribution in [1.29, 1.82) is 0 Å². The Balaban J connectivity index is 1.67. The minimum Gasteiger partial charge on any atom is -0.382 e. The van der Waals surface area contributed by atoms with Gasteiger partial charge in [-0.1, -0.05) is 18.2 Å². The van der Waals surface area contributed by atoms with Gasteiger partial charge in [-0.25, -0.2) is 9.97 Å². The highest BCUT2D eigenvalue weighted by atomic mass is 32.2. The second-order valence-corrected chi connectivity index (χ2v) is 8.89. The van der Waals surface area contributed by atoms with E-state index < -0.39 is 9.52 Å². The van der Waals surface area contributed by atoms with Crippen molar-refractivity contribution in [3.63, 3.8) is 0 Å². The van der Waals surface area contributed by atoms with Gasteiger partial charge in [-0.3, -0.25) is 9.20 Å². The van der Waals surface area contributed by atoms with Gasteiger partial charge in [-0.05, 0) is 33.9 Å². The number of benzene rings is 1. The van der Waals surface area contributed by atoms with Gasteiger partial charge in [0.2, 0.25) is 0 Å². The maximum atomic E-state index is 12.0. The third-order valence-electron chi connectivity index (χ3n) is 4.33. The van der Waals surface area contributed by atoms with E-state index in [0.717, 1.165) is 30.1 Å². The molecule has 8 heteroatoms. The lowest BCUT2D eigenvalue weighted by molar-refractivity contribution is 0.605. The number of nitrogens with zero attached hydrogens (tertiary/aromatic N) is 3. The highest BCUT2D eigenvalue weighted by Gasteiger charge is 2.29. The first-order valence-corrected chi connectivity index (χ1v) is 10.4. The largest absolute Gasteiger partial charge is 0.382 e. The number of nitrogens with two attached hydrogens (primary N) is 1. The standard InChI is InChI=1S/C18H20N6OS/c1-26(2,25)12-7-5-11(6-8-12)14-10-21-16(19)15(22-14)18-23-13-4-3-9-20-17(13)24-18/h4-8,10,18,23H,1,3,9H2,2H3,(H2,19,21)(H,20,24). The highest BCUT2D eigenvalue weighted by molar-refractivity contribution is 7.99. The van der Waals surface area contributed by atoms with Gasteiger partial charge in [0.15, 0.2) is 0 Å². The lowest BCUT2D eigenvalue weighted by Crippen LogP contribution is -2.25. The molecule has 1 aromatic carbocycles. The number of amidine groups is 1. The number of nitrogen functional groups attached to an aromatic ring is 1. The number of aliphatic imine (C=N–C) groups is 1. The minimum absolute atomic E-state index is 0.265.